The van der Waals surface area contributed by atoms with Crippen LogP contribution in [0.5, 0.6) is 0 Å². The summed E-state index contributed by atoms with van der Waals surface area (Å²) in [6.45, 7) is 2.26. The van der Waals surface area contributed by atoms with Crippen LogP contribution in [0.3, 0.4) is 0 Å². The van der Waals surface area contributed by atoms with Crippen molar-refractivity contribution in [3.05, 3.63) is 0 Å². The van der Waals surface area contributed by atoms with Gasteiger partial charge in [0.15, 0.2) is 0 Å². The molecule has 0 N–H and O–H groups in total. The molecule has 0 aromatic rings. The standard InChI is InChI=1S/C10H19Cl/c1-2-3-4-5-9-6-7-10(11)8-9/h9-10H,2-8H2,1H3/t9-,10+/m0/s1. The van der Waals surface area contributed by atoms with Crippen molar-refractivity contribution >= 4 is 11.6 Å². The highest BCUT2D eigenvalue weighted by Gasteiger charge is 2.21. The second-order valence-electron chi connectivity index (χ2n) is 3.77. The maximum atomic E-state index is 6.02. The minimum absolute atomic E-state index is 0.502. The summed E-state index contributed by atoms with van der Waals surface area (Å²) in [5.41, 5.74) is 0. The molecule has 0 heterocycles. The summed E-state index contributed by atoms with van der Waals surface area (Å²) in [7, 11) is 0. The van der Waals surface area contributed by atoms with Gasteiger partial charge in [0, 0.05) is 5.38 Å². The largest absolute Gasteiger partial charge is 0.123 e. The Kier molecular flexibility index (Phi) is 4.29. The molecule has 0 spiro atoms. The molecule has 0 radical (unpaired) electrons. The Labute approximate surface area is 75.3 Å². The zero-order valence-electron chi connectivity index (χ0n) is 7.48. The van der Waals surface area contributed by atoms with Gasteiger partial charge in [-0.15, -0.1) is 11.6 Å². The summed E-state index contributed by atoms with van der Waals surface area (Å²) in [5, 5.41) is 0.502. The third kappa shape index (κ3) is 3.46. The lowest BCUT2D eigenvalue weighted by atomic mass is 10.0. The van der Waals surface area contributed by atoms with Crippen LogP contribution >= 0.6 is 11.6 Å². The lowest BCUT2D eigenvalue weighted by Gasteiger charge is -2.06. The molecular weight excluding hydrogens is 156 g/mol. The van der Waals surface area contributed by atoms with E-state index in [4.69, 9.17) is 11.6 Å². The van der Waals surface area contributed by atoms with E-state index < -0.39 is 0 Å². The molecule has 0 unspecified atom stereocenters. The molecule has 1 rings (SSSR count). The van der Waals surface area contributed by atoms with E-state index in [1.54, 1.807) is 0 Å². The first-order valence-electron chi connectivity index (χ1n) is 4.97. The summed E-state index contributed by atoms with van der Waals surface area (Å²) in [5.74, 6) is 0.962. The van der Waals surface area contributed by atoms with Gasteiger partial charge in [-0.3, -0.25) is 0 Å². The lowest BCUT2D eigenvalue weighted by molar-refractivity contribution is 0.472. The Morgan fingerprint density at radius 2 is 2.09 bits per heavy atom. The molecule has 1 aliphatic carbocycles. The highest BCUT2D eigenvalue weighted by Crippen LogP contribution is 2.32. The van der Waals surface area contributed by atoms with Gasteiger partial charge in [-0.05, 0) is 25.2 Å². The molecule has 1 heteroatoms. The second-order valence-corrected chi connectivity index (χ2v) is 4.39. The molecule has 0 aromatic carbocycles. The van der Waals surface area contributed by atoms with Gasteiger partial charge in [0.05, 0.1) is 0 Å². The van der Waals surface area contributed by atoms with Gasteiger partial charge in [-0.25, -0.2) is 0 Å². The van der Waals surface area contributed by atoms with Crippen LogP contribution in [-0.4, -0.2) is 5.38 Å². The van der Waals surface area contributed by atoms with E-state index in [0.717, 1.165) is 5.92 Å². The van der Waals surface area contributed by atoms with Gasteiger partial charge in [0.1, 0.15) is 0 Å². The fourth-order valence-corrected chi connectivity index (χ4v) is 2.34. The normalized spacial score (nSPS) is 31.1. The topological polar surface area (TPSA) is 0 Å². The molecule has 0 amide bonds. The quantitative estimate of drug-likeness (QED) is 0.447. The van der Waals surface area contributed by atoms with Gasteiger partial charge in [0.25, 0.3) is 0 Å². The van der Waals surface area contributed by atoms with Crippen LogP contribution in [-0.2, 0) is 0 Å². The molecule has 66 valence electrons. The van der Waals surface area contributed by atoms with Crippen LogP contribution in [0, 0.1) is 5.92 Å². The highest BCUT2D eigenvalue weighted by molar-refractivity contribution is 6.20. The molecule has 0 aromatic heterocycles. The monoisotopic (exact) mass is 174 g/mol. The molecule has 1 fully saturated rings. The molecule has 0 bridgehead atoms. The number of halogens is 1. The number of unbranched alkanes of at least 4 members (excludes halogenated alkanes) is 2. The first kappa shape index (κ1) is 9.38. The van der Waals surface area contributed by atoms with Crippen molar-refractivity contribution < 1.29 is 0 Å². The van der Waals surface area contributed by atoms with Gasteiger partial charge in [0.2, 0.25) is 0 Å². The average Bonchev–Trinajstić information content (AvgIpc) is 2.37. The van der Waals surface area contributed by atoms with E-state index in [9.17, 15) is 0 Å². The smallest absolute Gasteiger partial charge is 0.0338 e. The van der Waals surface area contributed by atoms with Crippen LogP contribution in [0.1, 0.15) is 51.9 Å². The molecule has 2 atom stereocenters. The molecule has 1 aliphatic rings. The second kappa shape index (κ2) is 5.03. The Bertz CT molecular complexity index is 101. The summed E-state index contributed by atoms with van der Waals surface area (Å²) in [6.07, 6.45) is 9.53. The van der Waals surface area contributed by atoms with Crippen molar-refractivity contribution in [1.82, 2.24) is 0 Å². The summed E-state index contributed by atoms with van der Waals surface area (Å²) in [4.78, 5) is 0. The van der Waals surface area contributed by atoms with Crippen LogP contribution < -0.4 is 0 Å². The predicted octanol–water partition coefficient (Wildman–Crippen LogP) is 3.97. The Morgan fingerprint density at radius 3 is 2.64 bits per heavy atom. The molecule has 1 saturated carbocycles. The van der Waals surface area contributed by atoms with Crippen molar-refractivity contribution in [2.24, 2.45) is 5.92 Å². The average molecular weight is 175 g/mol. The maximum Gasteiger partial charge on any atom is 0.0338 e. The maximum absolute atomic E-state index is 6.02. The summed E-state index contributed by atoms with van der Waals surface area (Å²) < 4.78 is 0. The fraction of sp³-hybridized carbons (Fsp3) is 1.00. The minimum Gasteiger partial charge on any atom is -0.123 e. The van der Waals surface area contributed by atoms with Crippen LogP contribution in [0.15, 0.2) is 0 Å². The van der Waals surface area contributed by atoms with E-state index in [2.05, 4.69) is 6.92 Å². The zero-order chi connectivity index (χ0) is 8.10. The Hall–Kier alpha value is 0.290. The van der Waals surface area contributed by atoms with E-state index in [1.807, 2.05) is 0 Å². The van der Waals surface area contributed by atoms with Crippen molar-refractivity contribution in [1.29, 1.82) is 0 Å². The van der Waals surface area contributed by atoms with E-state index in [-0.39, 0.29) is 0 Å². The predicted molar refractivity (Wildman–Crippen MR) is 51.1 cm³/mol. The van der Waals surface area contributed by atoms with E-state index in [0.29, 0.717) is 5.38 Å². The van der Waals surface area contributed by atoms with Crippen molar-refractivity contribution in [3.8, 4) is 0 Å². The zero-order valence-corrected chi connectivity index (χ0v) is 8.24. The van der Waals surface area contributed by atoms with Crippen molar-refractivity contribution in [2.45, 2.75) is 57.2 Å². The third-order valence-electron chi connectivity index (χ3n) is 2.69. The molecule has 0 nitrogen and oxygen atoms in total. The molecule has 0 aliphatic heterocycles. The Morgan fingerprint density at radius 1 is 1.27 bits per heavy atom. The fourth-order valence-electron chi connectivity index (χ4n) is 1.96. The van der Waals surface area contributed by atoms with Crippen LogP contribution in [0.25, 0.3) is 0 Å². The first-order valence-corrected chi connectivity index (χ1v) is 5.40. The van der Waals surface area contributed by atoms with Gasteiger partial charge >= 0.3 is 0 Å². The molecule has 11 heavy (non-hydrogen) atoms. The van der Waals surface area contributed by atoms with Crippen LogP contribution in [0.4, 0.5) is 0 Å². The van der Waals surface area contributed by atoms with Gasteiger partial charge < -0.3 is 0 Å². The Balaban J connectivity index is 1.99. The van der Waals surface area contributed by atoms with Crippen molar-refractivity contribution in [3.63, 3.8) is 0 Å². The van der Waals surface area contributed by atoms with E-state index >= 15 is 0 Å². The van der Waals surface area contributed by atoms with Crippen LogP contribution in [0.2, 0.25) is 0 Å². The number of rotatable bonds is 4. The van der Waals surface area contributed by atoms with Gasteiger partial charge in [-0.2, -0.15) is 0 Å². The van der Waals surface area contributed by atoms with Crippen molar-refractivity contribution in [2.75, 3.05) is 0 Å². The van der Waals surface area contributed by atoms with Gasteiger partial charge in [-0.1, -0.05) is 32.6 Å². The molecular formula is C10H19Cl. The van der Waals surface area contributed by atoms with E-state index in [1.165, 1.54) is 44.9 Å². The summed E-state index contributed by atoms with van der Waals surface area (Å²) in [6, 6.07) is 0. The molecule has 0 saturated heterocycles. The number of hydrogen-bond donors (Lipinski definition) is 0. The lowest BCUT2D eigenvalue weighted by Crippen LogP contribution is -1.95. The number of hydrogen-bond acceptors (Lipinski definition) is 0. The summed E-state index contributed by atoms with van der Waals surface area (Å²) >= 11 is 6.02. The number of alkyl halides is 1. The highest BCUT2D eigenvalue weighted by atomic mass is 35.5. The first-order chi connectivity index (χ1) is 5.33. The SMILES string of the molecule is CCCCC[C@H]1CC[C@@H](Cl)C1. The minimum atomic E-state index is 0.502. The third-order valence-corrected chi connectivity index (χ3v) is 3.09.